The summed E-state index contributed by atoms with van der Waals surface area (Å²) in [7, 11) is 0. The molecule has 2 amide bonds. The van der Waals surface area contributed by atoms with Gasteiger partial charge in [-0.05, 0) is 18.1 Å². The number of fused-ring (bicyclic) bond motifs is 3. The highest BCUT2D eigenvalue weighted by Crippen LogP contribution is 2.38. The Bertz CT molecular complexity index is 769. The zero-order valence-corrected chi connectivity index (χ0v) is 12.7. The number of nitrogens with two attached hydrogens (primary N) is 1. The molecular weight excluding hydrogens is 314 g/mol. The Hall–Kier alpha value is -2.76. The Balaban J connectivity index is 1.71. The van der Waals surface area contributed by atoms with Crippen LogP contribution in [0.4, 0.5) is 16.2 Å². The van der Waals surface area contributed by atoms with E-state index < -0.39 is 18.2 Å². The first-order valence-corrected chi connectivity index (χ1v) is 7.58. The third-order valence-corrected chi connectivity index (χ3v) is 4.18. The van der Waals surface area contributed by atoms with Crippen LogP contribution in [0.3, 0.4) is 0 Å². The molecule has 3 heterocycles. The minimum atomic E-state index is -0.508. The van der Waals surface area contributed by atoms with E-state index in [0.29, 0.717) is 30.3 Å². The number of nitrogens with zero attached hydrogens (tertiary/aromatic N) is 2. The molecule has 0 saturated carbocycles. The molecule has 2 atom stereocenters. The molecule has 0 aliphatic carbocycles. The quantitative estimate of drug-likeness (QED) is 0.771. The van der Waals surface area contributed by atoms with E-state index in [4.69, 9.17) is 19.9 Å². The van der Waals surface area contributed by atoms with Crippen molar-refractivity contribution in [2.75, 3.05) is 36.1 Å². The second-order valence-corrected chi connectivity index (χ2v) is 5.57. The number of ether oxygens (including phenoxy) is 3. The highest BCUT2D eigenvalue weighted by Gasteiger charge is 2.43. The van der Waals surface area contributed by atoms with Gasteiger partial charge in [-0.15, -0.1) is 0 Å². The van der Waals surface area contributed by atoms with Crippen LogP contribution >= 0.6 is 0 Å². The first-order valence-electron chi connectivity index (χ1n) is 7.58. The fourth-order valence-electron chi connectivity index (χ4n) is 3.00. The van der Waals surface area contributed by atoms with Gasteiger partial charge in [-0.2, -0.15) is 0 Å². The molecule has 0 spiro atoms. The van der Waals surface area contributed by atoms with Crippen molar-refractivity contribution in [1.29, 1.82) is 0 Å². The number of rotatable bonds is 2. The lowest BCUT2D eigenvalue weighted by molar-refractivity contribution is -0.125. The molecule has 1 aromatic carbocycles. The minimum absolute atomic E-state index is 0.0520. The molecule has 0 unspecified atom stereocenters. The SMILES string of the molecule is NC[C@@H]1OC(=O)N2c3ccc(N4CCOCC4=O)cc3OC#C[C@@H]12. The molecule has 8 nitrogen and oxygen atoms in total. The third kappa shape index (κ3) is 2.26. The minimum Gasteiger partial charge on any atom is -0.441 e. The number of benzene rings is 1. The molecule has 124 valence electrons. The summed E-state index contributed by atoms with van der Waals surface area (Å²) in [5, 5.41) is 0. The zero-order valence-electron chi connectivity index (χ0n) is 12.7. The lowest BCUT2D eigenvalue weighted by atomic mass is 10.1. The van der Waals surface area contributed by atoms with Gasteiger partial charge in [-0.1, -0.05) is 0 Å². The third-order valence-electron chi connectivity index (χ3n) is 4.18. The summed E-state index contributed by atoms with van der Waals surface area (Å²) in [6.45, 7) is 1.17. The van der Waals surface area contributed by atoms with E-state index in [1.807, 2.05) is 0 Å². The van der Waals surface area contributed by atoms with Crippen molar-refractivity contribution in [3.63, 3.8) is 0 Å². The molecule has 0 radical (unpaired) electrons. The molecule has 4 rings (SSSR count). The van der Waals surface area contributed by atoms with Crippen LogP contribution in [0.2, 0.25) is 0 Å². The molecule has 0 aromatic heterocycles. The standard InChI is InChI=1S/C16H15N3O5/c17-8-14-12-3-5-23-13-7-10(18-4-6-22-9-15(18)20)1-2-11(13)19(12)16(21)24-14/h1-2,7,12,14H,4,6,8-9,17H2/t12-,14-/m0/s1. The molecular formula is C16H15N3O5. The molecule has 1 aromatic rings. The van der Waals surface area contributed by atoms with Gasteiger partial charge in [0, 0.05) is 24.8 Å². The van der Waals surface area contributed by atoms with Gasteiger partial charge < -0.3 is 24.8 Å². The molecule has 0 bridgehead atoms. The van der Waals surface area contributed by atoms with E-state index in [9.17, 15) is 9.59 Å². The maximum atomic E-state index is 12.2. The van der Waals surface area contributed by atoms with Gasteiger partial charge in [0.25, 0.3) is 5.91 Å². The highest BCUT2D eigenvalue weighted by atomic mass is 16.6. The number of morpholine rings is 1. The van der Waals surface area contributed by atoms with E-state index in [0.717, 1.165) is 0 Å². The fraction of sp³-hybridized carbons (Fsp3) is 0.375. The lowest BCUT2D eigenvalue weighted by Gasteiger charge is -2.28. The lowest BCUT2D eigenvalue weighted by Crippen LogP contribution is -2.41. The fourth-order valence-corrected chi connectivity index (χ4v) is 3.00. The van der Waals surface area contributed by atoms with Crippen LogP contribution in [0.15, 0.2) is 18.2 Å². The molecule has 3 aliphatic heterocycles. The maximum Gasteiger partial charge on any atom is 0.416 e. The summed E-state index contributed by atoms with van der Waals surface area (Å²) in [5.74, 6) is 3.13. The summed E-state index contributed by atoms with van der Waals surface area (Å²) in [6.07, 6.45) is 1.59. The van der Waals surface area contributed by atoms with E-state index in [-0.39, 0.29) is 19.1 Å². The average Bonchev–Trinajstić information content (AvgIpc) is 2.79. The van der Waals surface area contributed by atoms with Gasteiger partial charge in [0.15, 0.2) is 5.75 Å². The van der Waals surface area contributed by atoms with Crippen molar-refractivity contribution < 1.29 is 23.8 Å². The van der Waals surface area contributed by atoms with Crippen LogP contribution in [-0.4, -0.2) is 50.4 Å². The predicted octanol–water partition coefficient (Wildman–Crippen LogP) is 0.0556. The zero-order chi connectivity index (χ0) is 16.7. The first kappa shape index (κ1) is 14.8. The number of cyclic esters (lactones) is 1. The van der Waals surface area contributed by atoms with Crippen LogP contribution in [0.25, 0.3) is 0 Å². The highest BCUT2D eigenvalue weighted by molar-refractivity contribution is 5.97. The van der Waals surface area contributed by atoms with Crippen LogP contribution in [0, 0.1) is 12.0 Å². The Kier molecular flexibility index (Phi) is 3.52. The maximum absolute atomic E-state index is 12.2. The largest absolute Gasteiger partial charge is 0.441 e. The van der Waals surface area contributed by atoms with E-state index >= 15 is 0 Å². The van der Waals surface area contributed by atoms with Gasteiger partial charge in [0.2, 0.25) is 0 Å². The Morgan fingerprint density at radius 2 is 2.21 bits per heavy atom. The van der Waals surface area contributed by atoms with Gasteiger partial charge >= 0.3 is 6.09 Å². The van der Waals surface area contributed by atoms with Crippen LogP contribution in [0.5, 0.6) is 5.75 Å². The monoisotopic (exact) mass is 329 g/mol. The van der Waals surface area contributed by atoms with E-state index in [2.05, 4.69) is 12.0 Å². The van der Waals surface area contributed by atoms with Crippen molar-refractivity contribution in [3.8, 4) is 17.8 Å². The number of hydrogen-bond acceptors (Lipinski definition) is 6. The molecule has 2 N–H and O–H groups in total. The molecule has 2 saturated heterocycles. The van der Waals surface area contributed by atoms with Crippen LogP contribution in [0.1, 0.15) is 0 Å². The topological polar surface area (TPSA) is 94.3 Å². The smallest absolute Gasteiger partial charge is 0.416 e. The Morgan fingerprint density at radius 1 is 1.33 bits per heavy atom. The van der Waals surface area contributed by atoms with Gasteiger partial charge in [0.05, 0.1) is 12.3 Å². The van der Waals surface area contributed by atoms with Crippen LogP contribution in [-0.2, 0) is 14.3 Å². The second kappa shape index (κ2) is 5.70. The number of carbonyl (C=O) groups is 2. The number of amides is 2. The van der Waals surface area contributed by atoms with Gasteiger partial charge in [0.1, 0.15) is 24.9 Å². The molecule has 3 aliphatic rings. The summed E-state index contributed by atoms with van der Waals surface area (Å²) < 4.78 is 15.9. The second-order valence-electron chi connectivity index (χ2n) is 5.57. The summed E-state index contributed by atoms with van der Waals surface area (Å²) in [6, 6.07) is 4.68. The molecule has 8 heteroatoms. The number of anilines is 2. The normalized spacial score (nSPS) is 25.0. The number of hydrogen-bond donors (Lipinski definition) is 1. The first-order chi connectivity index (χ1) is 11.7. The van der Waals surface area contributed by atoms with Crippen molar-refractivity contribution in [1.82, 2.24) is 0 Å². The summed E-state index contributed by atoms with van der Waals surface area (Å²) in [4.78, 5) is 27.2. The van der Waals surface area contributed by atoms with Gasteiger partial charge in [-0.25, -0.2) is 4.79 Å². The Morgan fingerprint density at radius 3 is 3.00 bits per heavy atom. The summed E-state index contributed by atoms with van der Waals surface area (Å²) in [5.41, 5.74) is 6.84. The van der Waals surface area contributed by atoms with E-state index in [1.165, 1.54) is 4.90 Å². The van der Waals surface area contributed by atoms with Gasteiger partial charge in [-0.3, -0.25) is 9.69 Å². The molecule has 2 fully saturated rings. The van der Waals surface area contributed by atoms with Crippen molar-refractivity contribution >= 4 is 23.4 Å². The Labute approximate surface area is 138 Å². The van der Waals surface area contributed by atoms with Crippen molar-refractivity contribution in [2.45, 2.75) is 12.1 Å². The molecule has 24 heavy (non-hydrogen) atoms. The average molecular weight is 329 g/mol. The number of carbonyl (C=O) groups excluding carboxylic acids is 2. The van der Waals surface area contributed by atoms with Crippen molar-refractivity contribution in [3.05, 3.63) is 18.2 Å². The van der Waals surface area contributed by atoms with Crippen LogP contribution < -0.4 is 20.3 Å². The van der Waals surface area contributed by atoms with E-state index in [1.54, 1.807) is 23.1 Å². The van der Waals surface area contributed by atoms with Crippen molar-refractivity contribution in [2.24, 2.45) is 5.73 Å². The summed E-state index contributed by atoms with van der Waals surface area (Å²) >= 11 is 0. The predicted molar refractivity (Wildman–Crippen MR) is 83.6 cm³/mol.